The molecule has 6 heteroatoms. The molecule has 270 valence electrons. The van der Waals surface area contributed by atoms with Gasteiger partial charge in [0.15, 0.2) is 0 Å². The Labute approximate surface area is 279 Å². The molecule has 0 aromatic rings. The Morgan fingerprint density at radius 1 is 0.533 bits per heavy atom. The third-order valence-electron chi connectivity index (χ3n) is 8.55. The van der Waals surface area contributed by atoms with Crippen molar-refractivity contribution < 1.29 is 29.6 Å². The van der Waals surface area contributed by atoms with Gasteiger partial charge in [0.05, 0.1) is 6.61 Å². The quantitative estimate of drug-likeness (QED) is 0.0476. The Morgan fingerprint density at radius 2 is 0.867 bits per heavy atom. The average molecular weight is 643 g/mol. The van der Waals surface area contributed by atoms with E-state index >= 15 is 0 Å². The molecule has 0 heterocycles. The standard InChI is InChI=1S/C21H42O4.C18H36O2/c1-2-3-4-5-6-7-8-9-10-11-12-13-14-15-16-17-21(24)25-19-20(23)18-22;1-17(2)15-13-11-9-7-5-3-4-6-8-10-12-14-16-18(19)20/h20,22-23H,2-19H2,1H3;17H,3-16H2,1-2H3,(H,19,20). The van der Waals surface area contributed by atoms with E-state index < -0.39 is 12.1 Å². The number of hydrogen-bond acceptors (Lipinski definition) is 5. The fourth-order valence-electron chi connectivity index (χ4n) is 5.55. The summed E-state index contributed by atoms with van der Waals surface area (Å²) < 4.78 is 4.86. The summed E-state index contributed by atoms with van der Waals surface area (Å²) in [6.07, 6.45) is 36.4. The summed E-state index contributed by atoms with van der Waals surface area (Å²) in [4.78, 5) is 21.7. The van der Waals surface area contributed by atoms with E-state index in [1.54, 1.807) is 0 Å². The second kappa shape index (κ2) is 39.0. The van der Waals surface area contributed by atoms with Crippen molar-refractivity contribution in [1.82, 2.24) is 0 Å². The van der Waals surface area contributed by atoms with Crippen LogP contribution >= 0.6 is 0 Å². The molecule has 0 aliphatic carbocycles. The van der Waals surface area contributed by atoms with Crippen molar-refractivity contribution in [3.63, 3.8) is 0 Å². The minimum absolute atomic E-state index is 0.103. The number of carboxylic acids is 1. The van der Waals surface area contributed by atoms with Gasteiger partial charge in [-0.05, 0) is 18.8 Å². The van der Waals surface area contributed by atoms with E-state index in [4.69, 9.17) is 20.1 Å². The van der Waals surface area contributed by atoms with Crippen LogP contribution in [0.5, 0.6) is 0 Å². The van der Waals surface area contributed by atoms with Gasteiger partial charge in [-0.15, -0.1) is 0 Å². The van der Waals surface area contributed by atoms with Crippen LogP contribution in [0.1, 0.15) is 213 Å². The Balaban J connectivity index is 0. The van der Waals surface area contributed by atoms with Crippen LogP contribution < -0.4 is 0 Å². The molecule has 0 aromatic carbocycles. The summed E-state index contributed by atoms with van der Waals surface area (Å²) in [7, 11) is 0. The number of aliphatic hydroxyl groups is 2. The predicted molar refractivity (Wildman–Crippen MR) is 191 cm³/mol. The first-order valence-electron chi connectivity index (χ1n) is 19.5. The second-order valence-corrected chi connectivity index (χ2v) is 13.8. The third-order valence-corrected chi connectivity index (χ3v) is 8.55. The lowest BCUT2D eigenvalue weighted by atomic mass is 10.0. The molecule has 0 saturated heterocycles. The molecule has 1 atom stereocenters. The first-order valence-corrected chi connectivity index (χ1v) is 19.5. The minimum atomic E-state index is -0.954. The number of rotatable bonds is 34. The van der Waals surface area contributed by atoms with Crippen molar-refractivity contribution in [3.05, 3.63) is 0 Å². The fraction of sp³-hybridized carbons (Fsp3) is 0.949. The van der Waals surface area contributed by atoms with E-state index in [1.807, 2.05) is 0 Å². The molecule has 0 fully saturated rings. The molecule has 0 rings (SSSR count). The van der Waals surface area contributed by atoms with Crippen LogP contribution in [0.2, 0.25) is 0 Å². The molecule has 0 aromatic heterocycles. The molecule has 45 heavy (non-hydrogen) atoms. The molecule has 6 nitrogen and oxygen atoms in total. The highest BCUT2D eigenvalue weighted by molar-refractivity contribution is 5.69. The second-order valence-electron chi connectivity index (χ2n) is 13.8. The van der Waals surface area contributed by atoms with Gasteiger partial charge in [-0.25, -0.2) is 0 Å². The molecule has 0 saturated carbocycles. The van der Waals surface area contributed by atoms with Gasteiger partial charge in [0.2, 0.25) is 0 Å². The SMILES string of the molecule is CC(C)CCCCCCCCCCCCCCC(=O)O.CCCCCCCCCCCCCCCCCC(=O)OCC(O)CO. The maximum atomic E-state index is 11.4. The normalized spacial score (nSPS) is 11.8. The number of aliphatic hydroxyl groups excluding tert-OH is 2. The van der Waals surface area contributed by atoms with Gasteiger partial charge >= 0.3 is 11.9 Å². The molecule has 0 aliphatic heterocycles. The molecule has 0 aliphatic rings. The molecule has 0 radical (unpaired) electrons. The summed E-state index contributed by atoms with van der Waals surface area (Å²) in [5.41, 5.74) is 0. The van der Waals surface area contributed by atoms with E-state index in [0.29, 0.717) is 12.8 Å². The number of ether oxygens (including phenoxy) is 1. The van der Waals surface area contributed by atoms with Crippen molar-refractivity contribution in [2.24, 2.45) is 5.92 Å². The van der Waals surface area contributed by atoms with E-state index in [1.165, 1.54) is 154 Å². The molecule has 0 spiro atoms. The Bertz CT molecular complexity index is 594. The highest BCUT2D eigenvalue weighted by atomic mass is 16.5. The maximum absolute atomic E-state index is 11.4. The number of unbranched alkanes of at least 4 members (excludes halogenated alkanes) is 25. The molecular weight excluding hydrogens is 564 g/mol. The van der Waals surface area contributed by atoms with Gasteiger partial charge in [0.1, 0.15) is 12.7 Å². The van der Waals surface area contributed by atoms with Crippen LogP contribution in [0, 0.1) is 5.92 Å². The number of aliphatic carboxylic acids is 1. The van der Waals surface area contributed by atoms with Crippen molar-refractivity contribution in [1.29, 1.82) is 0 Å². The van der Waals surface area contributed by atoms with Crippen LogP contribution in [-0.2, 0) is 14.3 Å². The van der Waals surface area contributed by atoms with E-state index in [-0.39, 0.29) is 19.2 Å². The van der Waals surface area contributed by atoms with Gasteiger partial charge < -0.3 is 20.1 Å². The highest BCUT2D eigenvalue weighted by Gasteiger charge is 2.07. The van der Waals surface area contributed by atoms with Crippen molar-refractivity contribution >= 4 is 11.9 Å². The zero-order valence-electron chi connectivity index (χ0n) is 30.3. The molecule has 1 unspecified atom stereocenters. The zero-order chi connectivity index (χ0) is 33.6. The summed E-state index contributed by atoms with van der Waals surface area (Å²) in [5, 5.41) is 26.2. The average Bonchev–Trinajstić information content (AvgIpc) is 3.01. The lowest BCUT2D eigenvalue weighted by molar-refractivity contribution is -0.147. The molecule has 0 amide bonds. The summed E-state index contributed by atoms with van der Waals surface area (Å²) in [6, 6.07) is 0. The first kappa shape index (κ1) is 46.0. The zero-order valence-corrected chi connectivity index (χ0v) is 30.3. The smallest absolute Gasteiger partial charge is 0.305 e. The molecule has 0 bridgehead atoms. The largest absolute Gasteiger partial charge is 0.481 e. The van der Waals surface area contributed by atoms with Crippen molar-refractivity contribution in [2.45, 2.75) is 219 Å². The number of carboxylic acid groups (broad SMARTS) is 1. The summed E-state index contributed by atoms with van der Waals surface area (Å²) in [5.74, 6) is -0.0638. The van der Waals surface area contributed by atoms with E-state index in [0.717, 1.165) is 31.6 Å². The van der Waals surface area contributed by atoms with Crippen LogP contribution in [0.25, 0.3) is 0 Å². The van der Waals surface area contributed by atoms with E-state index in [9.17, 15) is 9.59 Å². The topological polar surface area (TPSA) is 104 Å². The van der Waals surface area contributed by atoms with Gasteiger partial charge in [-0.1, -0.05) is 188 Å². The maximum Gasteiger partial charge on any atom is 0.305 e. The van der Waals surface area contributed by atoms with E-state index in [2.05, 4.69) is 20.8 Å². The van der Waals surface area contributed by atoms with Crippen LogP contribution in [0.15, 0.2) is 0 Å². The van der Waals surface area contributed by atoms with Gasteiger partial charge in [-0.2, -0.15) is 0 Å². The van der Waals surface area contributed by atoms with Crippen molar-refractivity contribution in [3.8, 4) is 0 Å². The monoisotopic (exact) mass is 643 g/mol. The van der Waals surface area contributed by atoms with Crippen LogP contribution in [-0.4, -0.2) is 46.6 Å². The fourth-order valence-corrected chi connectivity index (χ4v) is 5.55. The lowest BCUT2D eigenvalue weighted by Gasteiger charge is -2.08. The summed E-state index contributed by atoms with van der Waals surface area (Å²) >= 11 is 0. The third kappa shape index (κ3) is 45.0. The molecular formula is C39H78O6. The number of hydrogen-bond donors (Lipinski definition) is 3. The van der Waals surface area contributed by atoms with Crippen molar-refractivity contribution in [2.75, 3.05) is 13.2 Å². The number of esters is 1. The lowest BCUT2D eigenvalue weighted by Crippen LogP contribution is -2.21. The Hall–Kier alpha value is -1.14. The Kier molecular flexibility index (Phi) is 39.9. The van der Waals surface area contributed by atoms with Gasteiger partial charge in [0, 0.05) is 12.8 Å². The van der Waals surface area contributed by atoms with Crippen LogP contribution in [0.4, 0.5) is 0 Å². The minimum Gasteiger partial charge on any atom is -0.481 e. The van der Waals surface area contributed by atoms with Crippen LogP contribution in [0.3, 0.4) is 0 Å². The Morgan fingerprint density at radius 3 is 1.20 bits per heavy atom. The number of carbonyl (C=O) groups is 2. The molecule has 3 N–H and O–H groups in total. The predicted octanol–water partition coefficient (Wildman–Crippen LogP) is 11.3. The highest BCUT2D eigenvalue weighted by Crippen LogP contribution is 2.15. The number of carbonyl (C=O) groups excluding carboxylic acids is 1. The first-order chi connectivity index (χ1) is 21.8. The summed E-state index contributed by atoms with van der Waals surface area (Å²) in [6.45, 7) is 6.41. The van der Waals surface area contributed by atoms with Gasteiger partial charge in [0.25, 0.3) is 0 Å². The van der Waals surface area contributed by atoms with Gasteiger partial charge in [-0.3, -0.25) is 9.59 Å².